The smallest absolute Gasteiger partial charge is 0.0792 e. The molecule has 1 aliphatic rings. The Morgan fingerprint density at radius 3 is 2.67 bits per heavy atom. The Morgan fingerprint density at radius 2 is 1.94 bits per heavy atom. The lowest BCUT2D eigenvalue weighted by molar-refractivity contribution is 0.0266. The van der Waals surface area contributed by atoms with Gasteiger partial charge in [0.15, 0.2) is 0 Å². The minimum atomic E-state index is -0.336. The van der Waals surface area contributed by atoms with Gasteiger partial charge in [-0.2, -0.15) is 0 Å². The summed E-state index contributed by atoms with van der Waals surface area (Å²) < 4.78 is 6.10. The van der Waals surface area contributed by atoms with E-state index >= 15 is 0 Å². The van der Waals surface area contributed by atoms with Crippen molar-refractivity contribution in [2.45, 2.75) is 30.1 Å². The van der Waals surface area contributed by atoms with Crippen LogP contribution in [0.25, 0.3) is 0 Å². The van der Waals surface area contributed by atoms with Crippen molar-refractivity contribution in [2.75, 3.05) is 18.1 Å². The Labute approximate surface area is 117 Å². The van der Waals surface area contributed by atoms with Crippen molar-refractivity contribution >= 4 is 23.5 Å². The molecule has 1 aliphatic heterocycles. The summed E-state index contributed by atoms with van der Waals surface area (Å²) in [4.78, 5) is 0. The summed E-state index contributed by atoms with van der Waals surface area (Å²) in [6.07, 6.45) is 1.80. The van der Waals surface area contributed by atoms with Gasteiger partial charge in [-0.15, -0.1) is 23.5 Å². The second-order valence-electron chi connectivity index (χ2n) is 4.41. The molecule has 0 bridgehead atoms. The molecule has 0 aliphatic carbocycles. The van der Waals surface area contributed by atoms with E-state index in [4.69, 9.17) is 4.74 Å². The van der Waals surface area contributed by atoms with Gasteiger partial charge in [-0.05, 0) is 29.9 Å². The maximum atomic E-state index is 9.93. The van der Waals surface area contributed by atoms with E-state index in [0.717, 1.165) is 12.0 Å². The second kappa shape index (κ2) is 8.10. The quantitative estimate of drug-likeness (QED) is 0.869. The summed E-state index contributed by atoms with van der Waals surface area (Å²) in [7, 11) is 0. The standard InChI is InChI=1S/C14H20O2S2/c15-13(9-14-17-7-4-8-18-14)11-16-10-12-5-2-1-3-6-12/h1-3,5-6,13-15H,4,7-11H2. The molecule has 0 radical (unpaired) electrons. The van der Waals surface area contributed by atoms with E-state index in [2.05, 4.69) is 0 Å². The van der Waals surface area contributed by atoms with Crippen LogP contribution in [0.2, 0.25) is 0 Å². The maximum absolute atomic E-state index is 9.93. The van der Waals surface area contributed by atoms with Crippen LogP contribution in [0.5, 0.6) is 0 Å². The molecule has 100 valence electrons. The number of rotatable bonds is 6. The van der Waals surface area contributed by atoms with Gasteiger partial charge < -0.3 is 9.84 Å². The lowest BCUT2D eigenvalue weighted by Crippen LogP contribution is -2.21. The molecule has 1 aromatic carbocycles. The molecular formula is C14H20O2S2. The average molecular weight is 284 g/mol. The first-order chi connectivity index (χ1) is 8.84. The topological polar surface area (TPSA) is 29.5 Å². The first-order valence-corrected chi connectivity index (χ1v) is 8.47. The summed E-state index contributed by atoms with van der Waals surface area (Å²) in [5.41, 5.74) is 1.16. The Bertz CT molecular complexity index is 326. The second-order valence-corrected chi connectivity index (χ2v) is 7.33. The van der Waals surface area contributed by atoms with Crippen molar-refractivity contribution in [2.24, 2.45) is 0 Å². The predicted molar refractivity (Wildman–Crippen MR) is 80.0 cm³/mol. The van der Waals surface area contributed by atoms with E-state index in [1.54, 1.807) is 0 Å². The maximum Gasteiger partial charge on any atom is 0.0792 e. The number of benzene rings is 1. The van der Waals surface area contributed by atoms with Crippen LogP contribution in [-0.2, 0) is 11.3 Å². The third-order valence-corrected chi connectivity index (χ3v) is 5.78. The molecular weight excluding hydrogens is 264 g/mol. The number of thioether (sulfide) groups is 2. The van der Waals surface area contributed by atoms with Gasteiger partial charge in [-0.25, -0.2) is 0 Å². The van der Waals surface area contributed by atoms with E-state index in [-0.39, 0.29) is 6.10 Å². The van der Waals surface area contributed by atoms with E-state index in [1.165, 1.54) is 17.9 Å². The summed E-state index contributed by atoms with van der Waals surface area (Å²) in [6.45, 7) is 1.02. The fraction of sp³-hybridized carbons (Fsp3) is 0.571. The Balaban J connectivity index is 1.61. The zero-order valence-corrected chi connectivity index (χ0v) is 12.1. The molecule has 1 heterocycles. The van der Waals surface area contributed by atoms with Crippen LogP contribution in [0.3, 0.4) is 0 Å². The van der Waals surface area contributed by atoms with Crippen LogP contribution in [0.1, 0.15) is 18.4 Å². The average Bonchev–Trinajstić information content (AvgIpc) is 2.41. The molecule has 1 aromatic rings. The lowest BCUT2D eigenvalue weighted by atomic mass is 10.2. The first kappa shape index (κ1) is 14.3. The van der Waals surface area contributed by atoms with Crippen LogP contribution in [0.4, 0.5) is 0 Å². The molecule has 1 fully saturated rings. The number of ether oxygens (including phenoxy) is 1. The fourth-order valence-corrected chi connectivity index (χ4v) is 4.86. The molecule has 18 heavy (non-hydrogen) atoms. The molecule has 0 saturated carbocycles. The van der Waals surface area contributed by atoms with Crippen LogP contribution < -0.4 is 0 Å². The van der Waals surface area contributed by atoms with E-state index in [9.17, 15) is 5.11 Å². The zero-order valence-electron chi connectivity index (χ0n) is 10.5. The zero-order chi connectivity index (χ0) is 12.6. The van der Waals surface area contributed by atoms with Crippen molar-refractivity contribution in [1.29, 1.82) is 0 Å². The van der Waals surface area contributed by atoms with Gasteiger partial charge in [0.25, 0.3) is 0 Å². The van der Waals surface area contributed by atoms with Gasteiger partial charge in [0.05, 0.1) is 23.9 Å². The molecule has 1 N–H and O–H groups in total. The number of hydrogen-bond donors (Lipinski definition) is 1. The molecule has 0 amide bonds. The van der Waals surface area contributed by atoms with Gasteiger partial charge in [0, 0.05) is 0 Å². The fourth-order valence-electron chi connectivity index (χ4n) is 1.85. The third kappa shape index (κ3) is 5.22. The molecule has 1 atom stereocenters. The highest BCUT2D eigenvalue weighted by molar-refractivity contribution is 8.17. The van der Waals surface area contributed by atoms with Crippen LogP contribution in [0, 0.1) is 0 Å². The predicted octanol–water partition coefficient (Wildman–Crippen LogP) is 3.15. The summed E-state index contributed by atoms with van der Waals surface area (Å²) in [5, 5.41) is 9.93. The van der Waals surface area contributed by atoms with Crippen molar-refractivity contribution < 1.29 is 9.84 Å². The van der Waals surface area contributed by atoms with Crippen LogP contribution in [0.15, 0.2) is 30.3 Å². The van der Waals surface area contributed by atoms with Gasteiger partial charge >= 0.3 is 0 Å². The van der Waals surface area contributed by atoms with Gasteiger partial charge in [0.1, 0.15) is 0 Å². The summed E-state index contributed by atoms with van der Waals surface area (Å²) in [5.74, 6) is 2.46. The third-order valence-electron chi connectivity index (χ3n) is 2.78. The number of aliphatic hydroxyl groups excluding tert-OH is 1. The molecule has 2 nitrogen and oxygen atoms in total. The number of aliphatic hydroxyl groups is 1. The van der Waals surface area contributed by atoms with Crippen molar-refractivity contribution in [1.82, 2.24) is 0 Å². The highest BCUT2D eigenvalue weighted by Gasteiger charge is 2.18. The van der Waals surface area contributed by atoms with E-state index in [0.29, 0.717) is 17.8 Å². The Hall–Kier alpha value is -0.160. The molecule has 1 saturated heterocycles. The monoisotopic (exact) mass is 284 g/mol. The summed E-state index contributed by atoms with van der Waals surface area (Å²) in [6, 6.07) is 10.1. The normalized spacial score (nSPS) is 18.7. The number of hydrogen-bond acceptors (Lipinski definition) is 4. The van der Waals surface area contributed by atoms with Crippen molar-refractivity contribution in [3.05, 3.63) is 35.9 Å². The van der Waals surface area contributed by atoms with E-state index in [1.807, 2.05) is 53.9 Å². The Morgan fingerprint density at radius 1 is 1.22 bits per heavy atom. The molecule has 0 spiro atoms. The lowest BCUT2D eigenvalue weighted by Gasteiger charge is -2.23. The highest BCUT2D eigenvalue weighted by atomic mass is 32.2. The van der Waals surface area contributed by atoms with Gasteiger partial charge in [-0.3, -0.25) is 0 Å². The highest BCUT2D eigenvalue weighted by Crippen LogP contribution is 2.33. The van der Waals surface area contributed by atoms with Crippen molar-refractivity contribution in [3.8, 4) is 0 Å². The van der Waals surface area contributed by atoms with Crippen LogP contribution >= 0.6 is 23.5 Å². The largest absolute Gasteiger partial charge is 0.391 e. The Kier molecular flexibility index (Phi) is 6.41. The first-order valence-electron chi connectivity index (χ1n) is 6.37. The van der Waals surface area contributed by atoms with Gasteiger partial charge in [-0.1, -0.05) is 30.3 Å². The van der Waals surface area contributed by atoms with E-state index < -0.39 is 0 Å². The van der Waals surface area contributed by atoms with Crippen LogP contribution in [-0.4, -0.2) is 33.9 Å². The minimum Gasteiger partial charge on any atom is -0.391 e. The molecule has 2 rings (SSSR count). The molecule has 1 unspecified atom stereocenters. The molecule has 4 heteroatoms. The SMILES string of the molecule is OC(COCc1ccccc1)CC1SCCCS1. The summed E-state index contributed by atoms with van der Waals surface area (Å²) >= 11 is 3.94. The molecule has 0 aromatic heterocycles. The van der Waals surface area contributed by atoms with Gasteiger partial charge in [0.2, 0.25) is 0 Å². The van der Waals surface area contributed by atoms with Crippen molar-refractivity contribution in [3.63, 3.8) is 0 Å². The minimum absolute atomic E-state index is 0.336.